The maximum Gasteiger partial charge on any atom is 0.0495 e. The largest absolute Gasteiger partial charge is 0.364 e. The Kier molecular flexibility index (Phi) is 1.70. The second-order valence-electron chi connectivity index (χ2n) is 3.26. The van der Waals surface area contributed by atoms with Gasteiger partial charge >= 0.3 is 0 Å². The van der Waals surface area contributed by atoms with Crippen LogP contribution in [0.1, 0.15) is 24.6 Å². The fourth-order valence-corrected chi connectivity index (χ4v) is 1.85. The van der Waals surface area contributed by atoms with Crippen LogP contribution in [0.3, 0.4) is 0 Å². The van der Waals surface area contributed by atoms with E-state index in [4.69, 9.17) is 0 Å². The highest BCUT2D eigenvalue weighted by molar-refractivity contribution is 5.10. The number of likely N-dealkylation sites (tertiary alicyclic amines) is 1. The molecule has 2 rings (SSSR count). The lowest BCUT2D eigenvalue weighted by molar-refractivity contribution is 0.313. The molecule has 1 saturated heterocycles. The van der Waals surface area contributed by atoms with Gasteiger partial charge in [-0.3, -0.25) is 4.90 Å². The minimum absolute atomic E-state index is 0.644. The van der Waals surface area contributed by atoms with Crippen LogP contribution in [-0.2, 0) is 0 Å². The molecule has 1 aliphatic rings. The van der Waals surface area contributed by atoms with E-state index in [0.29, 0.717) is 6.04 Å². The Labute approximate surface area is 67.2 Å². The summed E-state index contributed by atoms with van der Waals surface area (Å²) in [5.41, 5.74) is 1.37. The zero-order valence-corrected chi connectivity index (χ0v) is 6.88. The molecule has 1 aromatic heterocycles. The molecule has 0 aromatic carbocycles. The molecule has 1 fully saturated rings. The number of aromatic nitrogens is 1. The summed E-state index contributed by atoms with van der Waals surface area (Å²) >= 11 is 0. The zero-order valence-electron chi connectivity index (χ0n) is 6.88. The zero-order chi connectivity index (χ0) is 7.68. The van der Waals surface area contributed by atoms with Gasteiger partial charge in [0.1, 0.15) is 0 Å². The molecule has 1 aromatic rings. The number of hydrogen-bond donors (Lipinski definition) is 1. The molecule has 0 saturated carbocycles. The van der Waals surface area contributed by atoms with E-state index in [0.717, 1.165) is 0 Å². The lowest BCUT2D eigenvalue weighted by atomic mass is 10.1. The van der Waals surface area contributed by atoms with Crippen molar-refractivity contribution in [2.24, 2.45) is 0 Å². The van der Waals surface area contributed by atoms with Crippen molar-refractivity contribution in [3.8, 4) is 0 Å². The van der Waals surface area contributed by atoms with Gasteiger partial charge in [-0.15, -0.1) is 0 Å². The molecule has 0 aliphatic carbocycles. The number of nitrogens with one attached hydrogen (secondary N) is 1. The van der Waals surface area contributed by atoms with E-state index in [1.165, 1.54) is 25.1 Å². The molecule has 0 unspecified atom stereocenters. The maximum atomic E-state index is 3.27. The minimum Gasteiger partial charge on any atom is -0.364 e. The maximum absolute atomic E-state index is 3.27. The van der Waals surface area contributed by atoms with Crippen molar-refractivity contribution in [1.82, 2.24) is 9.88 Å². The second-order valence-corrected chi connectivity index (χ2v) is 3.26. The van der Waals surface area contributed by atoms with E-state index in [9.17, 15) is 0 Å². The Bertz CT molecular complexity index is 215. The van der Waals surface area contributed by atoms with Crippen LogP contribution in [0.5, 0.6) is 0 Å². The third-order valence-corrected chi connectivity index (χ3v) is 2.50. The second kappa shape index (κ2) is 2.70. The molecule has 11 heavy (non-hydrogen) atoms. The first-order valence-electron chi connectivity index (χ1n) is 4.21. The summed E-state index contributed by atoms with van der Waals surface area (Å²) in [5, 5.41) is 0. The van der Waals surface area contributed by atoms with E-state index >= 15 is 0 Å². The highest BCUT2D eigenvalue weighted by atomic mass is 15.2. The number of hydrogen-bond acceptors (Lipinski definition) is 1. The fourth-order valence-electron chi connectivity index (χ4n) is 1.85. The Morgan fingerprint density at radius 2 is 2.55 bits per heavy atom. The number of rotatable bonds is 1. The van der Waals surface area contributed by atoms with Crippen molar-refractivity contribution in [3.05, 3.63) is 24.0 Å². The number of nitrogens with zero attached hydrogens (tertiary/aromatic N) is 1. The molecule has 60 valence electrons. The van der Waals surface area contributed by atoms with Crippen molar-refractivity contribution in [1.29, 1.82) is 0 Å². The van der Waals surface area contributed by atoms with Gasteiger partial charge in [0.2, 0.25) is 0 Å². The minimum atomic E-state index is 0.644. The molecule has 2 nitrogen and oxygen atoms in total. The molecular weight excluding hydrogens is 136 g/mol. The highest BCUT2D eigenvalue weighted by Crippen LogP contribution is 2.28. The van der Waals surface area contributed by atoms with E-state index in [-0.39, 0.29) is 0 Å². The molecule has 0 radical (unpaired) electrons. The third-order valence-electron chi connectivity index (χ3n) is 2.50. The van der Waals surface area contributed by atoms with Crippen LogP contribution < -0.4 is 0 Å². The molecular formula is C9H14N2. The van der Waals surface area contributed by atoms with Crippen LogP contribution in [0.25, 0.3) is 0 Å². The predicted molar refractivity (Wildman–Crippen MR) is 45.4 cm³/mol. The summed E-state index contributed by atoms with van der Waals surface area (Å²) in [6.07, 6.45) is 4.64. The molecule has 2 heterocycles. The summed E-state index contributed by atoms with van der Waals surface area (Å²) < 4.78 is 0. The molecule has 1 N–H and O–H groups in total. The lowest BCUT2D eigenvalue weighted by Gasteiger charge is -2.17. The predicted octanol–water partition coefficient (Wildman–Crippen LogP) is 1.78. The summed E-state index contributed by atoms with van der Waals surface area (Å²) in [5.74, 6) is 0. The summed E-state index contributed by atoms with van der Waals surface area (Å²) in [6.45, 7) is 1.24. The monoisotopic (exact) mass is 150 g/mol. The average Bonchev–Trinajstić information content (AvgIpc) is 2.55. The number of aromatic amines is 1. The Balaban J connectivity index is 2.16. The van der Waals surface area contributed by atoms with E-state index in [1.807, 2.05) is 6.20 Å². The fraction of sp³-hybridized carbons (Fsp3) is 0.556. The topological polar surface area (TPSA) is 19.0 Å². The first-order valence-corrected chi connectivity index (χ1v) is 4.21. The van der Waals surface area contributed by atoms with Gasteiger partial charge in [0, 0.05) is 17.9 Å². The van der Waals surface area contributed by atoms with Crippen molar-refractivity contribution in [3.63, 3.8) is 0 Å². The molecule has 0 spiro atoms. The smallest absolute Gasteiger partial charge is 0.0495 e. The van der Waals surface area contributed by atoms with Crippen molar-refractivity contribution in [2.45, 2.75) is 18.9 Å². The van der Waals surface area contributed by atoms with Gasteiger partial charge in [0.05, 0.1) is 0 Å². The van der Waals surface area contributed by atoms with Crippen LogP contribution in [-0.4, -0.2) is 23.5 Å². The van der Waals surface area contributed by atoms with E-state index < -0.39 is 0 Å². The molecule has 2 heteroatoms. The molecule has 1 aliphatic heterocycles. The van der Waals surface area contributed by atoms with Gasteiger partial charge in [0.15, 0.2) is 0 Å². The quantitative estimate of drug-likeness (QED) is 0.646. The van der Waals surface area contributed by atoms with Gasteiger partial charge in [-0.1, -0.05) is 0 Å². The van der Waals surface area contributed by atoms with Crippen LogP contribution in [0.4, 0.5) is 0 Å². The van der Waals surface area contributed by atoms with E-state index in [1.54, 1.807) is 0 Å². The average molecular weight is 150 g/mol. The van der Waals surface area contributed by atoms with Crippen LogP contribution in [0, 0.1) is 0 Å². The third kappa shape index (κ3) is 1.18. The SMILES string of the molecule is CN1CCC[C@H]1c1ccc[nH]1. The summed E-state index contributed by atoms with van der Waals surface area (Å²) in [7, 11) is 2.19. The summed E-state index contributed by atoms with van der Waals surface area (Å²) in [6, 6.07) is 4.89. The van der Waals surface area contributed by atoms with Gasteiger partial charge in [-0.25, -0.2) is 0 Å². The van der Waals surface area contributed by atoms with Crippen LogP contribution in [0.2, 0.25) is 0 Å². The normalized spacial score (nSPS) is 26.1. The van der Waals surface area contributed by atoms with Crippen molar-refractivity contribution < 1.29 is 0 Å². The Hall–Kier alpha value is -0.760. The van der Waals surface area contributed by atoms with Crippen LogP contribution in [0.15, 0.2) is 18.3 Å². The standard InChI is InChI=1S/C9H14N2/c1-11-7-3-5-9(11)8-4-2-6-10-8/h2,4,6,9-10H,3,5,7H2,1H3/t9-/m0/s1. The van der Waals surface area contributed by atoms with Gasteiger partial charge < -0.3 is 4.98 Å². The van der Waals surface area contributed by atoms with Crippen LogP contribution >= 0.6 is 0 Å². The van der Waals surface area contributed by atoms with Crippen molar-refractivity contribution >= 4 is 0 Å². The van der Waals surface area contributed by atoms with Gasteiger partial charge in [-0.2, -0.15) is 0 Å². The lowest BCUT2D eigenvalue weighted by Crippen LogP contribution is -2.17. The first-order chi connectivity index (χ1) is 5.38. The summed E-state index contributed by atoms with van der Waals surface area (Å²) in [4.78, 5) is 5.68. The molecule has 0 bridgehead atoms. The van der Waals surface area contributed by atoms with Gasteiger partial charge in [0.25, 0.3) is 0 Å². The van der Waals surface area contributed by atoms with Crippen molar-refractivity contribution in [2.75, 3.05) is 13.6 Å². The van der Waals surface area contributed by atoms with Gasteiger partial charge in [-0.05, 0) is 38.6 Å². The highest BCUT2D eigenvalue weighted by Gasteiger charge is 2.22. The molecule has 0 amide bonds. The Morgan fingerprint density at radius 1 is 1.64 bits per heavy atom. The Morgan fingerprint density at radius 3 is 3.09 bits per heavy atom. The number of H-pyrrole nitrogens is 1. The van der Waals surface area contributed by atoms with E-state index in [2.05, 4.69) is 29.1 Å². The molecule has 1 atom stereocenters. The first kappa shape index (κ1) is 6.92.